The second-order valence-corrected chi connectivity index (χ2v) is 6.03. The molecule has 0 unspecified atom stereocenters. The Balaban J connectivity index is 3.20. The second-order valence-electron chi connectivity index (χ2n) is 6.03. The molecule has 29 heavy (non-hydrogen) atoms. The number of carboxylic acids is 2. The summed E-state index contributed by atoms with van der Waals surface area (Å²) in [7, 11) is 0. The smallest absolute Gasteiger partial charge is 0.303 e. The number of carbonyl (C=O) groups is 4. The zero-order valence-electron chi connectivity index (χ0n) is 16.7. The summed E-state index contributed by atoms with van der Waals surface area (Å²) in [5.41, 5.74) is 0. The van der Waals surface area contributed by atoms with Gasteiger partial charge in [-0.2, -0.15) is 0 Å². The number of aliphatic carboxylic acids is 2. The van der Waals surface area contributed by atoms with Gasteiger partial charge in [0, 0.05) is 39.1 Å². The maximum absolute atomic E-state index is 11.3. The third kappa shape index (κ3) is 21.9. The molecule has 0 heterocycles. The minimum absolute atomic E-state index is 0.0203. The molecule has 0 fully saturated rings. The number of rotatable bonds is 20. The van der Waals surface area contributed by atoms with Crippen molar-refractivity contribution in [2.45, 2.75) is 38.5 Å². The van der Waals surface area contributed by atoms with Gasteiger partial charge in [0.25, 0.3) is 0 Å². The summed E-state index contributed by atoms with van der Waals surface area (Å²) in [6, 6.07) is 0. The van der Waals surface area contributed by atoms with Crippen molar-refractivity contribution in [1.82, 2.24) is 10.6 Å². The Kier molecular flexibility index (Phi) is 17.6. The summed E-state index contributed by atoms with van der Waals surface area (Å²) in [4.78, 5) is 43.2. The standard InChI is InChI=1S/C18H32N2O9/c21-15(3-5-17(23)24)19-7-1-9-27-11-13-29-14-12-28-10-2-8-20-16(22)4-6-18(25)26/h1-14H2,(H,19,21)(H,20,22)(H,23,24)(H,25,26). The molecule has 0 atom stereocenters. The minimum atomic E-state index is -0.993. The molecule has 2 amide bonds. The van der Waals surface area contributed by atoms with Crippen molar-refractivity contribution in [1.29, 1.82) is 0 Å². The van der Waals surface area contributed by atoms with E-state index in [9.17, 15) is 19.2 Å². The van der Waals surface area contributed by atoms with E-state index in [1.165, 1.54) is 0 Å². The van der Waals surface area contributed by atoms with E-state index < -0.39 is 11.9 Å². The summed E-state index contributed by atoms with van der Waals surface area (Å²) in [6.45, 7) is 3.52. The van der Waals surface area contributed by atoms with Crippen molar-refractivity contribution in [2.75, 3.05) is 52.7 Å². The van der Waals surface area contributed by atoms with Crippen molar-refractivity contribution < 1.29 is 43.6 Å². The minimum Gasteiger partial charge on any atom is -0.481 e. The fourth-order valence-corrected chi connectivity index (χ4v) is 1.96. The van der Waals surface area contributed by atoms with Crippen molar-refractivity contribution in [3.05, 3.63) is 0 Å². The molecule has 0 aliphatic carbocycles. The van der Waals surface area contributed by atoms with E-state index in [0.717, 1.165) is 0 Å². The van der Waals surface area contributed by atoms with Gasteiger partial charge in [0.2, 0.25) is 11.8 Å². The van der Waals surface area contributed by atoms with Gasteiger partial charge in [-0.25, -0.2) is 0 Å². The predicted octanol–water partition coefficient (Wildman–Crippen LogP) is -0.222. The lowest BCUT2D eigenvalue weighted by molar-refractivity contribution is -0.139. The Morgan fingerprint density at radius 3 is 1.24 bits per heavy atom. The van der Waals surface area contributed by atoms with Crippen LogP contribution in [0.25, 0.3) is 0 Å². The lowest BCUT2D eigenvalue weighted by Crippen LogP contribution is -2.25. The number of carbonyl (C=O) groups excluding carboxylic acids is 2. The molecular formula is C18H32N2O9. The molecule has 168 valence electrons. The lowest BCUT2D eigenvalue weighted by Gasteiger charge is -2.08. The van der Waals surface area contributed by atoms with Crippen LogP contribution < -0.4 is 10.6 Å². The van der Waals surface area contributed by atoms with Gasteiger partial charge in [-0.3, -0.25) is 19.2 Å². The number of carboxylic acid groups (broad SMARTS) is 2. The Bertz CT molecular complexity index is 444. The zero-order chi connectivity index (χ0) is 21.7. The first-order chi connectivity index (χ1) is 13.9. The Hall–Kier alpha value is -2.24. The topological polar surface area (TPSA) is 160 Å². The molecule has 0 saturated heterocycles. The molecule has 0 aromatic carbocycles. The van der Waals surface area contributed by atoms with E-state index in [-0.39, 0.29) is 37.5 Å². The van der Waals surface area contributed by atoms with Crippen LogP contribution in [0.4, 0.5) is 0 Å². The van der Waals surface area contributed by atoms with E-state index in [2.05, 4.69) is 10.6 Å². The molecule has 0 spiro atoms. The highest BCUT2D eigenvalue weighted by Gasteiger charge is 2.05. The Morgan fingerprint density at radius 2 is 0.897 bits per heavy atom. The first kappa shape index (κ1) is 26.8. The average Bonchev–Trinajstić information content (AvgIpc) is 2.67. The average molecular weight is 420 g/mol. The van der Waals surface area contributed by atoms with Crippen LogP contribution in [0.3, 0.4) is 0 Å². The van der Waals surface area contributed by atoms with Crippen LogP contribution in [0.5, 0.6) is 0 Å². The van der Waals surface area contributed by atoms with Crippen molar-refractivity contribution in [2.24, 2.45) is 0 Å². The van der Waals surface area contributed by atoms with Gasteiger partial charge in [0.05, 0.1) is 39.3 Å². The predicted molar refractivity (Wildman–Crippen MR) is 101 cm³/mol. The molecule has 0 bridgehead atoms. The highest BCUT2D eigenvalue weighted by Crippen LogP contribution is 1.91. The molecule has 0 aromatic heterocycles. The van der Waals surface area contributed by atoms with E-state index in [1.54, 1.807) is 0 Å². The van der Waals surface area contributed by atoms with E-state index in [1.807, 2.05) is 0 Å². The van der Waals surface area contributed by atoms with Crippen LogP contribution in [0.15, 0.2) is 0 Å². The fourth-order valence-electron chi connectivity index (χ4n) is 1.96. The Morgan fingerprint density at radius 1 is 0.552 bits per heavy atom. The summed E-state index contributed by atoms with van der Waals surface area (Å²) < 4.78 is 16.0. The van der Waals surface area contributed by atoms with Crippen molar-refractivity contribution in [3.63, 3.8) is 0 Å². The van der Waals surface area contributed by atoms with Gasteiger partial charge in [0.1, 0.15) is 0 Å². The van der Waals surface area contributed by atoms with Crippen LogP contribution in [0.1, 0.15) is 38.5 Å². The van der Waals surface area contributed by atoms with Gasteiger partial charge in [0.15, 0.2) is 0 Å². The number of hydrogen-bond acceptors (Lipinski definition) is 7. The van der Waals surface area contributed by atoms with Crippen LogP contribution in [0.2, 0.25) is 0 Å². The molecule has 0 radical (unpaired) electrons. The van der Waals surface area contributed by atoms with Crippen molar-refractivity contribution >= 4 is 23.8 Å². The van der Waals surface area contributed by atoms with E-state index >= 15 is 0 Å². The first-order valence-corrected chi connectivity index (χ1v) is 9.62. The number of nitrogens with one attached hydrogen (secondary N) is 2. The number of hydrogen-bond donors (Lipinski definition) is 4. The largest absolute Gasteiger partial charge is 0.481 e. The fraction of sp³-hybridized carbons (Fsp3) is 0.778. The maximum atomic E-state index is 11.3. The molecule has 0 rings (SSSR count). The molecule has 11 nitrogen and oxygen atoms in total. The molecule has 0 aliphatic heterocycles. The zero-order valence-corrected chi connectivity index (χ0v) is 16.7. The van der Waals surface area contributed by atoms with E-state index in [0.29, 0.717) is 65.6 Å². The summed E-state index contributed by atoms with van der Waals surface area (Å²) in [5, 5.41) is 22.1. The second kappa shape index (κ2) is 19.1. The van der Waals surface area contributed by atoms with Crippen molar-refractivity contribution in [3.8, 4) is 0 Å². The van der Waals surface area contributed by atoms with Crippen LogP contribution in [0, 0.1) is 0 Å². The molecule has 0 saturated carbocycles. The quantitative estimate of drug-likeness (QED) is 0.195. The van der Waals surface area contributed by atoms with Gasteiger partial charge < -0.3 is 35.1 Å². The Labute approximate surface area is 170 Å². The van der Waals surface area contributed by atoms with Crippen LogP contribution >= 0.6 is 0 Å². The molecule has 0 aliphatic rings. The molecule has 4 N–H and O–H groups in total. The summed E-state index contributed by atoms with van der Waals surface area (Å²) in [6.07, 6.45) is 0.883. The monoisotopic (exact) mass is 420 g/mol. The first-order valence-electron chi connectivity index (χ1n) is 9.62. The van der Waals surface area contributed by atoms with E-state index in [4.69, 9.17) is 24.4 Å². The molecule has 0 aromatic rings. The van der Waals surface area contributed by atoms with Crippen LogP contribution in [-0.2, 0) is 33.4 Å². The van der Waals surface area contributed by atoms with Crippen LogP contribution in [-0.4, -0.2) is 86.7 Å². The summed E-state index contributed by atoms with van der Waals surface area (Å²) >= 11 is 0. The molecule has 11 heteroatoms. The number of ether oxygens (including phenoxy) is 3. The normalized spacial score (nSPS) is 10.5. The maximum Gasteiger partial charge on any atom is 0.303 e. The number of amides is 2. The highest BCUT2D eigenvalue weighted by molar-refractivity contribution is 5.81. The lowest BCUT2D eigenvalue weighted by atomic mass is 10.3. The van der Waals surface area contributed by atoms with Gasteiger partial charge in [-0.15, -0.1) is 0 Å². The molecular weight excluding hydrogens is 388 g/mol. The third-order valence-electron chi connectivity index (χ3n) is 3.45. The van der Waals surface area contributed by atoms with Gasteiger partial charge in [-0.1, -0.05) is 0 Å². The summed E-state index contributed by atoms with van der Waals surface area (Å²) in [5.74, 6) is -2.55. The van der Waals surface area contributed by atoms with Gasteiger partial charge >= 0.3 is 11.9 Å². The SMILES string of the molecule is O=C(O)CCC(=O)NCCCOCCOCCOCCCNC(=O)CCC(=O)O. The highest BCUT2D eigenvalue weighted by atomic mass is 16.5. The third-order valence-corrected chi connectivity index (χ3v) is 3.45. The van der Waals surface area contributed by atoms with Gasteiger partial charge in [-0.05, 0) is 12.8 Å².